The molecule has 0 spiro atoms. The van der Waals surface area contributed by atoms with Crippen LogP contribution in [0.15, 0.2) is 0 Å². The Labute approximate surface area is 97.6 Å². The van der Waals surface area contributed by atoms with Gasteiger partial charge in [-0.3, -0.25) is 0 Å². The summed E-state index contributed by atoms with van der Waals surface area (Å²) in [5, 5.41) is 9.34. The fourth-order valence-electron chi connectivity index (χ4n) is 2.18. The van der Waals surface area contributed by atoms with Gasteiger partial charge >= 0.3 is 0 Å². The largest absolute Gasteiger partial charge is 0.314 e. The second-order valence-electron chi connectivity index (χ2n) is 5.03. The number of nitrogens with two attached hydrogens (primary N) is 1. The highest BCUT2D eigenvalue weighted by atomic mass is 32.2. The van der Waals surface area contributed by atoms with Crippen LogP contribution in [0.2, 0.25) is 0 Å². The van der Waals surface area contributed by atoms with Gasteiger partial charge in [-0.05, 0) is 37.9 Å². The van der Waals surface area contributed by atoms with Gasteiger partial charge in [-0.1, -0.05) is 19.8 Å². The molecule has 0 bridgehead atoms. The van der Waals surface area contributed by atoms with Crippen molar-refractivity contribution in [2.45, 2.75) is 56.7 Å². The van der Waals surface area contributed by atoms with Crippen molar-refractivity contribution < 1.29 is 0 Å². The van der Waals surface area contributed by atoms with E-state index in [4.69, 9.17) is 11.0 Å². The lowest BCUT2D eigenvalue weighted by atomic mass is 10.00. The van der Waals surface area contributed by atoms with Crippen LogP contribution in [0.4, 0.5) is 0 Å². The first-order valence-electron chi connectivity index (χ1n) is 5.85. The third kappa shape index (κ3) is 4.90. The molecule has 2 unspecified atom stereocenters. The van der Waals surface area contributed by atoms with Crippen LogP contribution in [0, 0.1) is 17.2 Å². The Balaban J connectivity index is 2.18. The molecular weight excluding hydrogens is 204 g/mol. The topological polar surface area (TPSA) is 49.8 Å². The van der Waals surface area contributed by atoms with Gasteiger partial charge in [-0.25, -0.2) is 0 Å². The zero-order chi connectivity index (χ0) is 11.3. The summed E-state index contributed by atoms with van der Waals surface area (Å²) < 4.78 is 0. The van der Waals surface area contributed by atoms with Crippen LogP contribution in [-0.4, -0.2) is 16.5 Å². The maximum atomic E-state index is 8.84. The molecule has 1 rings (SSSR count). The molecule has 3 heteroatoms. The third-order valence-electron chi connectivity index (χ3n) is 3.06. The number of nitriles is 1. The minimum absolute atomic E-state index is 0.500. The molecule has 0 radical (unpaired) electrons. The number of hydrogen-bond acceptors (Lipinski definition) is 3. The van der Waals surface area contributed by atoms with E-state index in [1.54, 1.807) is 0 Å². The summed E-state index contributed by atoms with van der Waals surface area (Å²) in [6, 6.07) is 2.16. The molecule has 86 valence electrons. The summed E-state index contributed by atoms with van der Waals surface area (Å²) in [7, 11) is 0. The van der Waals surface area contributed by atoms with E-state index in [1.165, 1.54) is 31.4 Å². The van der Waals surface area contributed by atoms with Gasteiger partial charge in [0.25, 0.3) is 0 Å². The molecule has 0 aromatic heterocycles. The Morgan fingerprint density at radius 1 is 1.53 bits per heavy atom. The van der Waals surface area contributed by atoms with Crippen LogP contribution in [-0.2, 0) is 0 Å². The molecule has 0 aromatic carbocycles. The molecule has 0 aliphatic heterocycles. The van der Waals surface area contributed by atoms with Crippen molar-refractivity contribution in [2.24, 2.45) is 11.7 Å². The summed E-state index contributed by atoms with van der Waals surface area (Å²) in [6.45, 7) is 4.00. The summed E-state index contributed by atoms with van der Waals surface area (Å²) in [5.41, 5.74) is 5.18. The quantitative estimate of drug-likeness (QED) is 0.784. The van der Waals surface area contributed by atoms with Gasteiger partial charge in [-0.15, -0.1) is 0 Å². The van der Waals surface area contributed by atoms with E-state index < -0.39 is 5.54 Å². The van der Waals surface area contributed by atoms with Crippen LogP contribution in [0.25, 0.3) is 0 Å². The fourth-order valence-corrected chi connectivity index (χ4v) is 3.58. The molecule has 1 aliphatic carbocycles. The van der Waals surface area contributed by atoms with Gasteiger partial charge in [0.15, 0.2) is 0 Å². The zero-order valence-corrected chi connectivity index (χ0v) is 10.6. The Hall–Kier alpha value is -0.200. The highest BCUT2D eigenvalue weighted by Gasteiger charge is 2.22. The Morgan fingerprint density at radius 3 is 2.67 bits per heavy atom. The average Bonchev–Trinajstić information content (AvgIpc) is 2.66. The lowest BCUT2D eigenvalue weighted by Crippen LogP contribution is -2.36. The van der Waals surface area contributed by atoms with Crippen molar-refractivity contribution in [1.82, 2.24) is 0 Å². The minimum atomic E-state index is -0.651. The van der Waals surface area contributed by atoms with E-state index in [0.29, 0.717) is 5.25 Å². The predicted octanol–water partition coefficient (Wildman–Crippen LogP) is 2.93. The SMILES string of the molecule is CC(CC(C)(N)C#N)SCC1CCCC1. The highest BCUT2D eigenvalue weighted by molar-refractivity contribution is 7.99. The van der Waals surface area contributed by atoms with E-state index in [-0.39, 0.29) is 0 Å². The zero-order valence-electron chi connectivity index (χ0n) is 9.83. The minimum Gasteiger partial charge on any atom is -0.314 e. The van der Waals surface area contributed by atoms with E-state index in [2.05, 4.69) is 13.0 Å². The van der Waals surface area contributed by atoms with Gasteiger partial charge in [0, 0.05) is 5.25 Å². The lowest BCUT2D eigenvalue weighted by Gasteiger charge is -2.21. The maximum absolute atomic E-state index is 8.84. The van der Waals surface area contributed by atoms with Gasteiger partial charge in [0.1, 0.15) is 5.54 Å². The number of rotatable bonds is 5. The summed E-state index contributed by atoms with van der Waals surface area (Å²) >= 11 is 1.98. The van der Waals surface area contributed by atoms with E-state index >= 15 is 0 Å². The van der Waals surface area contributed by atoms with E-state index in [1.807, 2.05) is 18.7 Å². The highest BCUT2D eigenvalue weighted by Crippen LogP contribution is 2.30. The second-order valence-corrected chi connectivity index (χ2v) is 6.50. The molecule has 0 saturated heterocycles. The van der Waals surface area contributed by atoms with Crippen molar-refractivity contribution in [3.63, 3.8) is 0 Å². The molecule has 1 aliphatic rings. The normalized spacial score (nSPS) is 23.3. The van der Waals surface area contributed by atoms with Crippen LogP contribution < -0.4 is 5.73 Å². The Bertz CT molecular complexity index is 226. The molecule has 0 aromatic rings. The second kappa shape index (κ2) is 5.77. The first-order valence-corrected chi connectivity index (χ1v) is 6.90. The molecule has 2 nitrogen and oxygen atoms in total. The molecular formula is C12H22N2S. The summed E-state index contributed by atoms with van der Waals surface area (Å²) in [5.74, 6) is 2.17. The van der Waals surface area contributed by atoms with Crippen molar-refractivity contribution in [2.75, 3.05) is 5.75 Å². The van der Waals surface area contributed by atoms with Crippen molar-refractivity contribution in [3.05, 3.63) is 0 Å². The molecule has 0 amide bonds. The molecule has 2 atom stereocenters. The standard InChI is InChI=1S/C12H22N2S/c1-10(7-12(2,14)9-13)15-8-11-5-3-4-6-11/h10-11H,3-8,14H2,1-2H3. The number of nitrogens with zero attached hydrogens (tertiary/aromatic N) is 1. The van der Waals surface area contributed by atoms with Crippen LogP contribution in [0.3, 0.4) is 0 Å². The molecule has 0 heterocycles. The van der Waals surface area contributed by atoms with Crippen molar-refractivity contribution in [3.8, 4) is 6.07 Å². The summed E-state index contributed by atoms with van der Waals surface area (Å²) in [4.78, 5) is 0. The summed E-state index contributed by atoms with van der Waals surface area (Å²) in [6.07, 6.45) is 6.41. The van der Waals surface area contributed by atoms with Crippen molar-refractivity contribution >= 4 is 11.8 Å². The number of hydrogen-bond donors (Lipinski definition) is 1. The van der Waals surface area contributed by atoms with Gasteiger partial charge < -0.3 is 5.73 Å². The van der Waals surface area contributed by atoms with Gasteiger partial charge in [0.05, 0.1) is 6.07 Å². The van der Waals surface area contributed by atoms with Crippen LogP contribution in [0.5, 0.6) is 0 Å². The maximum Gasteiger partial charge on any atom is 0.102 e. The van der Waals surface area contributed by atoms with Crippen LogP contribution in [0.1, 0.15) is 46.0 Å². The third-order valence-corrected chi connectivity index (χ3v) is 4.46. The van der Waals surface area contributed by atoms with E-state index in [0.717, 1.165) is 12.3 Å². The van der Waals surface area contributed by atoms with Crippen molar-refractivity contribution in [1.29, 1.82) is 5.26 Å². The monoisotopic (exact) mass is 226 g/mol. The Kier molecular flexibility index (Phi) is 4.95. The van der Waals surface area contributed by atoms with Crippen LogP contribution >= 0.6 is 11.8 Å². The molecule has 1 saturated carbocycles. The predicted molar refractivity (Wildman–Crippen MR) is 66.7 cm³/mol. The smallest absolute Gasteiger partial charge is 0.102 e. The fraction of sp³-hybridized carbons (Fsp3) is 0.917. The Morgan fingerprint density at radius 2 is 2.13 bits per heavy atom. The molecule has 15 heavy (non-hydrogen) atoms. The first-order chi connectivity index (χ1) is 7.03. The first kappa shape index (κ1) is 12.9. The van der Waals surface area contributed by atoms with Gasteiger partial charge in [-0.2, -0.15) is 17.0 Å². The number of thioether (sulfide) groups is 1. The van der Waals surface area contributed by atoms with Gasteiger partial charge in [0.2, 0.25) is 0 Å². The molecule has 2 N–H and O–H groups in total. The van der Waals surface area contributed by atoms with E-state index in [9.17, 15) is 0 Å². The molecule has 1 fully saturated rings. The lowest BCUT2D eigenvalue weighted by molar-refractivity contribution is 0.543. The average molecular weight is 226 g/mol.